The van der Waals surface area contributed by atoms with Crippen molar-refractivity contribution in [1.82, 2.24) is 4.90 Å². The quantitative estimate of drug-likeness (QED) is 0.709. The standard InChI is InChI=1S/C22H29N3O4/c1-17(26)23-18-3-7-22(8-4-18)29-16-20(27)15-24-11-13-25(14-12-24)19-5-9-21(28-2)10-6-19/h3-10,20,27H,11-16H2,1-2H3,(H,23,26)/t20-/m0/s1. The zero-order chi connectivity index (χ0) is 20.6. The molecule has 2 N–H and O–H groups in total. The minimum absolute atomic E-state index is 0.110. The molecule has 1 heterocycles. The number of ether oxygens (including phenoxy) is 2. The number of hydrogen-bond acceptors (Lipinski definition) is 6. The van der Waals surface area contributed by atoms with Gasteiger partial charge in [0.15, 0.2) is 0 Å². The van der Waals surface area contributed by atoms with E-state index >= 15 is 0 Å². The zero-order valence-corrected chi connectivity index (χ0v) is 17.0. The predicted molar refractivity (Wildman–Crippen MR) is 114 cm³/mol. The zero-order valence-electron chi connectivity index (χ0n) is 17.0. The Morgan fingerprint density at radius 1 is 1.03 bits per heavy atom. The molecule has 7 nitrogen and oxygen atoms in total. The molecule has 0 bridgehead atoms. The number of piperazine rings is 1. The van der Waals surface area contributed by atoms with Gasteiger partial charge in [0.25, 0.3) is 0 Å². The summed E-state index contributed by atoms with van der Waals surface area (Å²) in [5.41, 5.74) is 1.91. The molecule has 1 atom stereocenters. The van der Waals surface area contributed by atoms with Crippen LogP contribution in [-0.2, 0) is 4.79 Å². The molecule has 1 amide bonds. The van der Waals surface area contributed by atoms with Gasteiger partial charge in [0.1, 0.15) is 24.2 Å². The third kappa shape index (κ3) is 6.37. The van der Waals surface area contributed by atoms with E-state index in [0.717, 1.165) is 37.6 Å². The lowest BCUT2D eigenvalue weighted by molar-refractivity contribution is -0.114. The van der Waals surface area contributed by atoms with E-state index in [4.69, 9.17) is 9.47 Å². The molecule has 2 aromatic rings. The Bertz CT molecular complexity index is 772. The van der Waals surface area contributed by atoms with Gasteiger partial charge in [-0.3, -0.25) is 9.69 Å². The second-order valence-electron chi connectivity index (χ2n) is 7.16. The van der Waals surface area contributed by atoms with Gasteiger partial charge in [0.2, 0.25) is 5.91 Å². The molecule has 0 radical (unpaired) electrons. The maximum absolute atomic E-state index is 11.0. The highest BCUT2D eigenvalue weighted by Crippen LogP contribution is 2.21. The van der Waals surface area contributed by atoms with Gasteiger partial charge in [-0.25, -0.2) is 0 Å². The molecule has 0 unspecified atom stereocenters. The van der Waals surface area contributed by atoms with Gasteiger partial charge >= 0.3 is 0 Å². The number of aliphatic hydroxyl groups is 1. The Morgan fingerprint density at radius 2 is 1.66 bits per heavy atom. The van der Waals surface area contributed by atoms with Crippen molar-refractivity contribution >= 4 is 17.3 Å². The van der Waals surface area contributed by atoms with Gasteiger partial charge in [-0.05, 0) is 48.5 Å². The van der Waals surface area contributed by atoms with Gasteiger partial charge in [-0.15, -0.1) is 0 Å². The molecule has 1 fully saturated rings. The van der Waals surface area contributed by atoms with Crippen LogP contribution >= 0.6 is 0 Å². The fraction of sp³-hybridized carbons (Fsp3) is 0.409. The summed E-state index contributed by atoms with van der Waals surface area (Å²) in [6.07, 6.45) is -0.558. The summed E-state index contributed by atoms with van der Waals surface area (Å²) in [6.45, 7) is 5.92. The van der Waals surface area contributed by atoms with Crippen molar-refractivity contribution in [3.63, 3.8) is 0 Å². The number of methoxy groups -OCH3 is 1. The number of carbonyl (C=O) groups excluding carboxylic acids is 1. The minimum atomic E-state index is -0.558. The lowest BCUT2D eigenvalue weighted by Crippen LogP contribution is -2.49. The molecule has 29 heavy (non-hydrogen) atoms. The van der Waals surface area contributed by atoms with Gasteiger partial charge in [-0.1, -0.05) is 0 Å². The lowest BCUT2D eigenvalue weighted by Gasteiger charge is -2.36. The van der Waals surface area contributed by atoms with E-state index in [1.54, 1.807) is 31.4 Å². The summed E-state index contributed by atoms with van der Waals surface area (Å²) >= 11 is 0. The van der Waals surface area contributed by atoms with Crippen molar-refractivity contribution in [2.45, 2.75) is 13.0 Å². The third-order valence-corrected chi connectivity index (χ3v) is 4.90. The van der Waals surface area contributed by atoms with E-state index in [-0.39, 0.29) is 12.5 Å². The summed E-state index contributed by atoms with van der Waals surface area (Å²) in [4.78, 5) is 15.6. The molecule has 0 aromatic heterocycles. The minimum Gasteiger partial charge on any atom is -0.497 e. The van der Waals surface area contributed by atoms with Crippen LogP contribution in [-0.4, -0.2) is 68.5 Å². The molecule has 0 aliphatic carbocycles. The van der Waals surface area contributed by atoms with Crippen molar-refractivity contribution in [3.05, 3.63) is 48.5 Å². The summed E-state index contributed by atoms with van der Waals surface area (Å²) in [7, 11) is 1.67. The molecule has 2 aromatic carbocycles. The number of anilines is 2. The van der Waals surface area contributed by atoms with E-state index in [1.165, 1.54) is 12.6 Å². The highest BCUT2D eigenvalue weighted by Gasteiger charge is 2.20. The maximum Gasteiger partial charge on any atom is 0.221 e. The topological polar surface area (TPSA) is 74.3 Å². The van der Waals surface area contributed by atoms with Crippen LogP contribution in [0.2, 0.25) is 0 Å². The maximum atomic E-state index is 11.0. The summed E-state index contributed by atoms with van der Waals surface area (Å²) in [5, 5.41) is 13.0. The molecule has 1 aliphatic rings. The van der Waals surface area contributed by atoms with Crippen molar-refractivity contribution in [1.29, 1.82) is 0 Å². The van der Waals surface area contributed by atoms with Gasteiger partial charge in [-0.2, -0.15) is 0 Å². The summed E-state index contributed by atoms with van der Waals surface area (Å²) < 4.78 is 10.9. The third-order valence-electron chi connectivity index (χ3n) is 4.90. The number of hydrogen-bond donors (Lipinski definition) is 2. The van der Waals surface area contributed by atoms with Crippen LogP contribution in [0.1, 0.15) is 6.92 Å². The van der Waals surface area contributed by atoms with Crippen molar-refractivity contribution in [3.8, 4) is 11.5 Å². The molecular weight excluding hydrogens is 370 g/mol. The number of carbonyl (C=O) groups is 1. The van der Waals surface area contributed by atoms with Crippen molar-refractivity contribution in [2.24, 2.45) is 0 Å². The van der Waals surface area contributed by atoms with Crippen molar-refractivity contribution < 1.29 is 19.4 Å². The Kier molecular flexibility index (Phi) is 7.32. The van der Waals surface area contributed by atoms with Crippen LogP contribution in [0.4, 0.5) is 11.4 Å². The first-order chi connectivity index (χ1) is 14.0. The predicted octanol–water partition coefficient (Wildman–Crippen LogP) is 2.22. The summed E-state index contributed by atoms with van der Waals surface area (Å²) in [6, 6.07) is 15.2. The second kappa shape index (κ2) is 10.1. The fourth-order valence-electron chi connectivity index (χ4n) is 3.36. The molecule has 3 rings (SSSR count). The van der Waals surface area contributed by atoms with Gasteiger partial charge < -0.3 is 24.8 Å². The normalized spacial score (nSPS) is 15.6. The van der Waals surface area contributed by atoms with Gasteiger partial charge in [0, 0.05) is 51.0 Å². The number of nitrogens with one attached hydrogen (secondary N) is 1. The first-order valence-corrected chi connectivity index (χ1v) is 9.83. The Balaban J connectivity index is 1.39. The monoisotopic (exact) mass is 399 g/mol. The molecular formula is C22H29N3O4. The Hall–Kier alpha value is -2.77. The molecule has 0 saturated carbocycles. The number of nitrogens with zero attached hydrogens (tertiary/aromatic N) is 2. The second-order valence-corrected chi connectivity index (χ2v) is 7.16. The molecule has 7 heteroatoms. The lowest BCUT2D eigenvalue weighted by atomic mass is 10.2. The number of amides is 1. The average Bonchev–Trinajstić information content (AvgIpc) is 2.73. The number of aliphatic hydroxyl groups excluding tert-OH is 1. The van der Waals surface area contributed by atoms with Crippen LogP contribution < -0.4 is 19.7 Å². The van der Waals surface area contributed by atoms with Crippen molar-refractivity contribution in [2.75, 3.05) is 56.7 Å². The van der Waals surface area contributed by atoms with Crippen LogP contribution in [0.25, 0.3) is 0 Å². The molecule has 1 saturated heterocycles. The average molecular weight is 399 g/mol. The summed E-state index contributed by atoms with van der Waals surface area (Å²) in [5.74, 6) is 1.42. The number of β-amino-alcohol motifs (C(OH)–C–C–N with tert-alkyl or cyclic N) is 1. The highest BCUT2D eigenvalue weighted by molar-refractivity contribution is 5.88. The van der Waals surface area contributed by atoms with Crippen LogP contribution in [0.5, 0.6) is 11.5 Å². The Morgan fingerprint density at radius 3 is 2.24 bits per heavy atom. The van der Waals surface area contributed by atoms with Crippen LogP contribution in [0, 0.1) is 0 Å². The molecule has 1 aliphatic heterocycles. The van der Waals surface area contributed by atoms with E-state index in [2.05, 4.69) is 27.2 Å². The smallest absolute Gasteiger partial charge is 0.221 e. The molecule has 0 spiro atoms. The fourth-order valence-corrected chi connectivity index (χ4v) is 3.36. The largest absolute Gasteiger partial charge is 0.497 e. The number of benzene rings is 2. The van der Waals surface area contributed by atoms with E-state index in [1.807, 2.05) is 12.1 Å². The highest BCUT2D eigenvalue weighted by atomic mass is 16.5. The van der Waals surface area contributed by atoms with E-state index in [0.29, 0.717) is 12.3 Å². The van der Waals surface area contributed by atoms with Crippen LogP contribution in [0.15, 0.2) is 48.5 Å². The first-order valence-electron chi connectivity index (χ1n) is 9.83. The first kappa shape index (κ1) is 21.0. The van der Waals surface area contributed by atoms with Crippen LogP contribution in [0.3, 0.4) is 0 Å². The van der Waals surface area contributed by atoms with Gasteiger partial charge in [0.05, 0.1) is 7.11 Å². The van der Waals surface area contributed by atoms with E-state index in [9.17, 15) is 9.90 Å². The number of rotatable bonds is 8. The molecule has 156 valence electrons. The van der Waals surface area contributed by atoms with E-state index < -0.39 is 6.10 Å². The Labute approximate surface area is 171 Å². The SMILES string of the molecule is COc1ccc(N2CCN(C[C@H](O)COc3ccc(NC(C)=O)cc3)CC2)cc1.